The van der Waals surface area contributed by atoms with E-state index >= 15 is 0 Å². The summed E-state index contributed by atoms with van der Waals surface area (Å²) in [6.45, 7) is 7.14. The quantitative estimate of drug-likeness (QED) is 0.575. The molecule has 0 unspecified atom stereocenters. The molecule has 0 saturated heterocycles. The lowest BCUT2D eigenvalue weighted by molar-refractivity contribution is 0.284. The van der Waals surface area contributed by atoms with Crippen LogP contribution in [0.1, 0.15) is 37.5 Å². The van der Waals surface area contributed by atoms with Crippen LogP contribution in [-0.2, 0) is 12.0 Å². The monoisotopic (exact) mass is 340 g/mol. The number of rotatable bonds is 6. The van der Waals surface area contributed by atoms with Gasteiger partial charge < -0.3 is 14.5 Å². The first-order chi connectivity index (χ1) is 11.8. The fraction of sp³-hybridized carbons (Fsp3) is 0.381. The van der Waals surface area contributed by atoms with Gasteiger partial charge in [0.25, 0.3) is 0 Å². The van der Waals surface area contributed by atoms with Gasteiger partial charge in [0, 0.05) is 14.1 Å². The van der Waals surface area contributed by atoms with E-state index in [1.54, 1.807) is 18.3 Å². The lowest BCUT2D eigenvalue weighted by Crippen LogP contribution is -2.10. The zero-order valence-electron chi connectivity index (χ0n) is 16.0. The van der Waals surface area contributed by atoms with Crippen LogP contribution in [-0.4, -0.2) is 32.4 Å². The summed E-state index contributed by atoms with van der Waals surface area (Å²) in [4.78, 5) is 0. The van der Waals surface area contributed by atoms with Crippen LogP contribution in [0, 0.1) is 0 Å². The maximum atomic E-state index is 5.94. The lowest BCUT2D eigenvalue weighted by Gasteiger charge is -2.19. The van der Waals surface area contributed by atoms with E-state index in [9.17, 15) is 0 Å². The van der Waals surface area contributed by atoms with E-state index in [1.165, 1.54) is 5.56 Å². The average molecular weight is 340 g/mol. The van der Waals surface area contributed by atoms with Gasteiger partial charge >= 0.3 is 0 Å². The van der Waals surface area contributed by atoms with Gasteiger partial charge in [-0.1, -0.05) is 45.0 Å². The predicted molar refractivity (Wildman–Crippen MR) is 104 cm³/mol. The Morgan fingerprint density at radius 2 is 1.68 bits per heavy atom. The fourth-order valence-corrected chi connectivity index (χ4v) is 2.33. The molecule has 0 fully saturated rings. The van der Waals surface area contributed by atoms with Crippen molar-refractivity contribution < 1.29 is 9.47 Å². The van der Waals surface area contributed by atoms with Crippen molar-refractivity contribution in [3.05, 3.63) is 59.2 Å². The molecular weight excluding hydrogens is 312 g/mol. The highest BCUT2D eigenvalue weighted by atomic mass is 16.5. The molecule has 0 amide bonds. The highest BCUT2D eigenvalue weighted by Crippen LogP contribution is 2.29. The molecule has 0 bridgehead atoms. The summed E-state index contributed by atoms with van der Waals surface area (Å²) >= 11 is 0. The lowest BCUT2D eigenvalue weighted by atomic mass is 9.87. The van der Waals surface area contributed by atoms with Crippen molar-refractivity contribution in [2.75, 3.05) is 21.2 Å². The van der Waals surface area contributed by atoms with Crippen LogP contribution in [0.15, 0.2) is 47.6 Å². The van der Waals surface area contributed by atoms with Crippen molar-refractivity contribution >= 4 is 6.21 Å². The molecule has 25 heavy (non-hydrogen) atoms. The van der Waals surface area contributed by atoms with Gasteiger partial charge in [-0.3, -0.25) is 0 Å². The van der Waals surface area contributed by atoms with Gasteiger partial charge in [0.15, 0.2) is 11.5 Å². The SMILES string of the molecule is COc1cc(/C=N/N(C)C)ccc1OCc1ccc(C(C)(C)C)cc1. The maximum Gasteiger partial charge on any atom is 0.161 e. The molecule has 0 saturated carbocycles. The van der Waals surface area contributed by atoms with E-state index in [4.69, 9.17) is 9.47 Å². The van der Waals surface area contributed by atoms with Crippen LogP contribution in [0.3, 0.4) is 0 Å². The number of nitrogens with zero attached hydrogens (tertiary/aromatic N) is 2. The largest absolute Gasteiger partial charge is 0.493 e. The molecule has 2 aromatic rings. The molecule has 0 N–H and O–H groups in total. The molecule has 0 atom stereocenters. The molecule has 0 aromatic heterocycles. The van der Waals surface area contributed by atoms with Gasteiger partial charge in [0.1, 0.15) is 6.61 Å². The summed E-state index contributed by atoms with van der Waals surface area (Å²) in [5.74, 6) is 1.43. The van der Waals surface area contributed by atoms with Crippen LogP contribution in [0.5, 0.6) is 11.5 Å². The molecule has 2 aromatic carbocycles. The molecule has 134 valence electrons. The van der Waals surface area contributed by atoms with Crippen molar-refractivity contribution in [3.8, 4) is 11.5 Å². The minimum Gasteiger partial charge on any atom is -0.493 e. The molecule has 4 heteroatoms. The fourth-order valence-electron chi connectivity index (χ4n) is 2.33. The van der Waals surface area contributed by atoms with Gasteiger partial charge in [0.2, 0.25) is 0 Å². The first-order valence-corrected chi connectivity index (χ1v) is 8.41. The molecule has 0 aliphatic heterocycles. The standard InChI is InChI=1S/C21H28N2O2/c1-21(2,3)18-10-7-16(8-11-18)15-25-19-12-9-17(13-20(19)24-6)14-22-23(4)5/h7-14H,15H2,1-6H3/b22-14+. The first-order valence-electron chi connectivity index (χ1n) is 8.41. The van der Waals surface area contributed by atoms with Gasteiger partial charge in [0.05, 0.1) is 13.3 Å². The van der Waals surface area contributed by atoms with Crippen LogP contribution in [0.2, 0.25) is 0 Å². The summed E-state index contributed by atoms with van der Waals surface area (Å²) in [5, 5.41) is 5.98. The van der Waals surface area contributed by atoms with Gasteiger partial charge in [-0.25, -0.2) is 0 Å². The molecule has 0 radical (unpaired) electrons. The number of hydrogen-bond acceptors (Lipinski definition) is 4. The number of hydrogen-bond donors (Lipinski definition) is 0. The molecule has 0 heterocycles. The summed E-state index contributed by atoms with van der Waals surface area (Å²) in [5.41, 5.74) is 3.58. The Morgan fingerprint density at radius 3 is 2.24 bits per heavy atom. The van der Waals surface area contributed by atoms with E-state index in [-0.39, 0.29) is 5.41 Å². The van der Waals surface area contributed by atoms with E-state index in [1.807, 2.05) is 32.3 Å². The second-order valence-corrected chi connectivity index (χ2v) is 7.24. The van der Waals surface area contributed by atoms with Gasteiger partial charge in [-0.2, -0.15) is 5.10 Å². The zero-order chi connectivity index (χ0) is 18.4. The van der Waals surface area contributed by atoms with Crippen LogP contribution in [0.25, 0.3) is 0 Å². The van der Waals surface area contributed by atoms with E-state index in [0.717, 1.165) is 16.9 Å². The molecule has 0 aliphatic rings. The minimum absolute atomic E-state index is 0.159. The Labute approximate surface area is 151 Å². The summed E-state index contributed by atoms with van der Waals surface area (Å²) < 4.78 is 11.4. The van der Waals surface area contributed by atoms with Crippen molar-refractivity contribution in [3.63, 3.8) is 0 Å². The number of methoxy groups -OCH3 is 1. The van der Waals surface area contributed by atoms with Crippen molar-refractivity contribution in [1.82, 2.24) is 5.01 Å². The Morgan fingerprint density at radius 1 is 1.00 bits per heavy atom. The summed E-state index contributed by atoms with van der Waals surface area (Å²) in [7, 11) is 5.42. The molecule has 4 nitrogen and oxygen atoms in total. The molecule has 2 rings (SSSR count). The van der Waals surface area contributed by atoms with Crippen molar-refractivity contribution in [2.24, 2.45) is 5.10 Å². The van der Waals surface area contributed by atoms with Crippen LogP contribution < -0.4 is 9.47 Å². The van der Waals surface area contributed by atoms with Crippen LogP contribution >= 0.6 is 0 Å². The van der Waals surface area contributed by atoms with E-state index in [2.05, 4.69) is 50.1 Å². The number of hydrazone groups is 1. The Balaban J connectivity index is 2.07. The molecule has 0 spiro atoms. The highest BCUT2D eigenvalue weighted by Gasteiger charge is 2.13. The Bertz CT molecular complexity index is 714. The highest BCUT2D eigenvalue weighted by molar-refractivity contribution is 5.80. The second kappa shape index (κ2) is 8.06. The Kier molecular flexibility index (Phi) is 6.07. The number of ether oxygens (including phenoxy) is 2. The van der Waals surface area contributed by atoms with Crippen molar-refractivity contribution in [2.45, 2.75) is 32.8 Å². The summed E-state index contributed by atoms with van der Waals surface area (Å²) in [6.07, 6.45) is 1.79. The smallest absolute Gasteiger partial charge is 0.161 e. The second-order valence-electron chi connectivity index (χ2n) is 7.24. The first kappa shape index (κ1) is 18.8. The Hall–Kier alpha value is -2.49. The average Bonchev–Trinajstić information content (AvgIpc) is 2.58. The van der Waals surface area contributed by atoms with Gasteiger partial charge in [-0.05, 0) is 40.3 Å². The maximum absolute atomic E-state index is 5.94. The summed E-state index contributed by atoms with van der Waals surface area (Å²) in [6, 6.07) is 14.4. The third-order valence-corrected chi connectivity index (χ3v) is 3.84. The van der Waals surface area contributed by atoms with E-state index in [0.29, 0.717) is 12.4 Å². The number of benzene rings is 2. The van der Waals surface area contributed by atoms with E-state index < -0.39 is 0 Å². The van der Waals surface area contributed by atoms with Crippen molar-refractivity contribution in [1.29, 1.82) is 0 Å². The third-order valence-electron chi connectivity index (χ3n) is 3.84. The molecular formula is C21H28N2O2. The van der Waals surface area contributed by atoms with Gasteiger partial charge in [-0.15, -0.1) is 0 Å². The van der Waals surface area contributed by atoms with Crippen LogP contribution in [0.4, 0.5) is 0 Å². The normalized spacial score (nSPS) is 11.6. The topological polar surface area (TPSA) is 34.1 Å². The minimum atomic E-state index is 0.159. The predicted octanol–water partition coefficient (Wildman–Crippen LogP) is 4.47. The molecule has 0 aliphatic carbocycles. The zero-order valence-corrected chi connectivity index (χ0v) is 16.0. The third kappa shape index (κ3) is 5.52.